The predicted molar refractivity (Wildman–Crippen MR) is 82.5 cm³/mol. The van der Waals surface area contributed by atoms with Crippen molar-refractivity contribution in [2.24, 2.45) is 0 Å². The number of amides is 2. The van der Waals surface area contributed by atoms with Gasteiger partial charge in [0.1, 0.15) is 0 Å². The van der Waals surface area contributed by atoms with Crippen LogP contribution in [0, 0.1) is 11.3 Å². The van der Waals surface area contributed by atoms with Crippen LogP contribution < -0.4 is 11.1 Å². The van der Waals surface area contributed by atoms with Gasteiger partial charge in [0.2, 0.25) is 0 Å². The average Bonchev–Trinajstić information content (AvgIpc) is 2.48. The van der Waals surface area contributed by atoms with E-state index in [0.717, 1.165) is 5.56 Å². The summed E-state index contributed by atoms with van der Waals surface area (Å²) in [4.78, 5) is 13.6. The van der Waals surface area contributed by atoms with Crippen LogP contribution in [0.4, 0.5) is 16.2 Å². The summed E-state index contributed by atoms with van der Waals surface area (Å²) in [6, 6.07) is 16.0. The molecule has 2 rings (SSSR count). The Hall–Kier alpha value is -3.00. The number of carbonyl (C=O) groups excluding carboxylic acids is 1. The van der Waals surface area contributed by atoms with Crippen molar-refractivity contribution < 1.29 is 4.79 Å². The molecular formula is C16H16N4O. The third kappa shape index (κ3) is 3.98. The number of urea groups is 1. The van der Waals surface area contributed by atoms with Crippen molar-refractivity contribution in [1.82, 2.24) is 4.90 Å². The molecule has 2 amide bonds. The molecule has 0 radical (unpaired) electrons. The van der Waals surface area contributed by atoms with Gasteiger partial charge in [0, 0.05) is 25.0 Å². The van der Waals surface area contributed by atoms with E-state index in [1.807, 2.05) is 24.3 Å². The van der Waals surface area contributed by atoms with Gasteiger partial charge in [-0.3, -0.25) is 0 Å². The van der Waals surface area contributed by atoms with E-state index in [-0.39, 0.29) is 6.03 Å². The number of hydrogen-bond acceptors (Lipinski definition) is 3. The van der Waals surface area contributed by atoms with Crippen LogP contribution in [0.25, 0.3) is 0 Å². The third-order valence-corrected chi connectivity index (χ3v) is 2.98. The smallest absolute Gasteiger partial charge is 0.321 e. The van der Waals surface area contributed by atoms with E-state index in [4.69, 9.17) is 11.0 Å². The van der Waals surface area contributed by atoms with Crippen molar-refractivity contribution in [3.8, 4) is 6.07 Å². The standard InChI is InChI=1S/C16H16N4O/c1-20(11-13-3-2-4-14(18)9-13)16(21)19-15-7-5-12(10-17)6-8-15/h2-9H,11,18H2,1H3,(H,19,21). The zero-order valence-corrected chi connectivity index (χ0v) is 11.7. The summed E-state index contributed by atoms with van der Waals surface area (Å²) in [6.07, 6.45) is 0. The molecule has 21 heavy (non-hydrogen) atoms. The van der Waals surface area contributed by atoms with E-state index >= 15 is 0 Å². The molecule has 0 saturated carbocycles. The summed E-state index contributed by atoms with van der Waals surface area (Å²) in [6.45, 7) is 0.465. The molecule has 106 valence electrons. The van der Waals surface area contributed by atoms with Crippen LogP contribution in [0.1, 0.15) is 11.1 Å². The fraction of sp³-hybridized carbons (Fsp3) is 0.125. The summed E-state index contributed by atoms with van der Waals surface area (Å²) >= 11 is 0. The number of nitriles is 1. The minimum atomic E-state index is -0.220. The second kappa shape index (κ2) is 6.44. The molecule has 5 heteroatoms. The van der Waals surface area contributed by atoms with Crippen LogP contribution in [0.2, 0.25) is 0 Å². The number of benzene rings is 2. The molecule has 3 N–H and O–H groups in total. The molecule has 0 spiro atoms. The van der Waals surface area contributed by atoms with Crippen LogP contribution in [0.15, 0.2) is 48.5 Å². The Kier molecular flexibility index (Phi) is 4.42. The van der Waals surface area contributed by atoms with Crippen molar-refractivity contribution in [2.45, 2.75) is 6.54 Å². The number of anilines is 2. The largest absolute Gasteiger partial charge is 0.399 e. The molecule has 0 aliphatic rings. The van der Waals surface area contributed by atoms with Crippen LogP contribution in [-0.2, 0) is 6.54 Å². The fourth-order valence-corrected chi connectivity index (χ4v) is 1.88. The lowest BCUT2D eigenvalue weighted by Gasteiger charge is -2.18. The number of nitrogens with two attached hydrogens (primary N) is 1. The molecule has 0 fully saturated rings. The molecule has 2 aromatic rings. The number of hydrogen-bond donors (Lipinski definition) is 2. The zero-order chi connectivity index (χ0) is 15.2. The fourth-order valence-electron chi connectivity index (χ4n) is 1.88. The molecule has 0 aromatic heterocycles. The number of nitrogens with zero attached hydrogens (tertiary/aromatic N) is 2. The Morgan fingerprint density at radius 2 is 2.00 bits per heavy atom. The van der Waals surface area contributed by atoms with Gasteiger partial charge >= 0.3 is 6.03 Å². The molecule has 0 heterocycles. The first-order valence-corrected chi connectivity index (χ1v) is 6.45. The second-order valence-electron chi connectivity index (χ2n) is 4.72. The van der Waals surface area contributed by atoms with E-state index in [9.17, 15) is 4.79 Å². The average molecular weight is 280 g/mol. The zero-order valence-electron chi connectivity index (χ0n) is 11.7. The van der Waals surface area contributed by atoms with E-state index in [0.29, 0.717) is 23.5 Å². The van der Waals surface area contributed by atoms with Crippen LogP contribution in [0.5, 0.6) is 0 Å². The van der Waals surface area contributed by atoms with Crippen molar-refractivity contribution in [1.29, 1.82) is 5.26 Å². The number of nitrogens with one attached hydrogen (secondary N) is 1. The molecule has 5 nitrogen and oxygen atoms in total. The van der Waals surface area contributed by atoms with Gasteiger partial charge in [-0.1, -0.05) is 12.1 Å². The molecule has 0 unspecified atom stereocenters. The summed E-state index contributed by atoms with van der Waals surface area (Å²) in [5.41, 5.74) is 8.56. The highest BCUT2D eigenvalue weighted by Gasteiger charge is 2.09. The first kappa shape index (κ1) is 14.4. The molecular weight excluding hydrogens is 264 g/mol. The van der Waals surface area contributed by atoms with E-state index in [1.165, 1.54) is 0 Å². The van der Waals surface area contributed by atoms with Gasteiger partial charge in [-0.15, -0.1) is 0 Å². The van der Waals surface area contributed by atoms with Gasteiger partial charge in [0.25, 0.3) is 0 Å². The Balaban J connectivity index is 1.97. The minimum Gasteiger partial charge on any atom is -0.399 e. The maximum Gasteiger partial charge on any atom is 0.321 e. The van der Waals surface area contributed by atoms with Crippen LogP contribution in [0.3, 0.4) is 0 Å². The molecule has 0 atom stereocenters. The second-order valence-corrected chi connectivity index (χ2v) is 4.72. The van der Waals surface area contributed by atoms with Crippen molar-refractivity contribution >= 4 is 17.4 Å². The highest BCUT2D eigenvalue weighted by atomic mass is 16.2. The first-order valence-electron chi connectivity index (χ1n) is 6.45. The van der Waals surface area contributed by atoms with Crippen molar-refractivity contribution in [3.63, 3.8) is 0 Å². The van der Waals surface area contributed by atoms with E-state index < -0.39 is 0 Å². The Morgan fingerprint density at radius 1 is 1.29 bits per heavy atom. The number of carbonyl (C=O) groups is 1. The molecule has 0 aliphatic carbocycles. The summed E-state index contributed by atoms with van der Waals surface area (Å²) < 4.78 is 0. The van der Waals surface area contributed by atoms with Gasteiger partial charge in [0.05, 0.1) is 11.6 Å². The van der Waals surface area contributed by atoms with Gasteiger partial charge in [-0.2, -0.15) is 5.26 Å². The van der Waals surface area contributed by atoms with Gasteiger partial charge in [-0.05, 0) is 42.0 Å². The van der Waals surface area contributed by atoms with Crippen molar-refractivity contribution in [3.05, 3.63) is 59.7 Å². The Bertz CT molecular complexity index is 673. The van der Waals surface area contributed by atoms with Crippen LogP contribution >= 0.6 is 0 Å². The van der Waals surface area contributed by atoms with Crippen molar-refractivity contribution in [2.75, 3.05) is 18.1 Å². The van der Waals surface area contributed by atoms with Gasteiger partial charge in [-0.25, -0.2) is 4.79 Å². The van der Waals surface area contributed by atoms with Gasteiger partial charge in [0.15, 0.2) is 0 Å². The van der Waals surface area contributed by atoms with Gasteiger partial charge < -0.3 is 16.0 Å². The maximum atomic E-state index is 12.1. The quantitative estimate of drug-likeness (QED) is 0.848. The maximum absolute atomic E-state index is 12.1. The third-order valence-electron chi connectivity index (χ3n) is 2.98. The highest BCUT2D eigenvalue weighted by Crippen LogP contribution is 2.12. The lowest BCUT2D eigenvalue weighted by atomic mass is 10.2. The molecule has 0 bridgehead atoms. The summed E-state index contributed by atoms with van der Waals surface area (Å²) in [7, 11) is 1.71. The Morgan fingerprint density at radius 3 is 2.62 bits per heavy atom. The lowest BCUT2D eigenvalue weighted by Crippen LogP contribution is -2.30. The molecule has 2 aromatic carbocycles. The molecule has 0 saturated heterocycles. The predicted octanol–water partition coefficient (Wildman–Crippen LogP) is 2.80. The van der Waals surface area contributed by atoms with E-state index in [2.05, 4.69) is 5.32 Å². The minimum absolute atomic E-state index is 0.220. The topological polar surface area (TPSA) is 82.2 Å². The van der Waals surface area contributed by atoms with E-state index in [1.54, 1.807) is 42.3 Å². The summed E-state index contributed by atoms with van der Waals surface area (Å²) in [5.74, 6) is 0. The number of nitrogen functional groups attached to an aromatic ring is 1. The SMILES string of the molecule is CN(Cc1cccc(N)c1)C(=O)Nc1ccc(C#N)cc1. The number of rotatable bonds is 3. The lowest BCUT2D eigenvalue weighted by molar-refractivity contribution is 0.220. The molecule has 0 aliphatic heterocycles. The monoisotopic (exact) mass is 280 g/mol. The highest BCUT2D eigenvalue weighted by molar-refractivity contribution is 5.89. The Labute approximate surface area is 123 Å². The van der Waals surface area contributed by atoms with Crippen LogP contribution in [-0.4, -0.2) is 18.0 Å². The normalized spacial score (nSPS) is 9.71. The summed E-state index contributed by atoms with van der Waals surface area (Å²) in [5, 5.41) is 11.5. The first-order chi connectivity index (χ1) is 10.1.